The quantitative estimate of drug-likeness (QED) is 0.187. The van der Waals surface area contributed by atoms with Crippen LogP contribution in [0.2, 0.25) is 0 Å². The molecule has 52 heavy (non-hydrogen) atoms. The Labute approximate surface area is 304 Å². The molecule has 1 fully saturated rings. The van der Waals surface area contributed by atoms with E-state index in [1.807, 2.05) is 52.5 Å². The number of nitrogens with one attached hydrogen (secondary N) is 1. The van der Waals surface area contributed by atoms with Crippen LogP contribution in [0.5, 0.6) is 0 Å². The number of hydrogen-bond donors (Lipinski definition) is 2. The first-order chi connectivity index (χ1) is 24.5. The zero-order valence-corrected chi connectivity index (χ0v) is 31.2. The third-order valence-electron chi connectivity index (χ3n) is 10.0. The summed E-state index contributed by atoms with van der Waals surface area (Å²) in [6.45, 7) is 16.3. The van der Waals surface area contributed by atoms with Crippen molar-refractivity contribution in [2.24, 2.45) is 12.5 Å². The maximum absolute atomic E-state index is 14.9. The number of carbonyl (C=O) groups excluding carboxylic acids is 1. The third-order valence-corrected chi connectivity index (χ3v) is 10.0. The molecule has 0 atom stereocenters. The van der Waals surface area contributed by atoms with E-state index < -0.39 is 23.4 Å². The molecule has 4 aromatic rings. The van der Waals surface area contributed by atoms with Gasteiger partial charge in [-0.2, -0.15) is 9.78 Å². The average Bonchev–Trinajstić information content (AvgIpc) is 3.39. The van der Waals surface area contributed by atoms with Gasteiger partial charge >= 0.3 is 0 Å². The lowest BCUT2D eigenvalue weighted by atomic mass is 9.84. The molecule has 0 bridgehead atoms. The van der Waals surface area contributed by atoms with E-state index in [9.17, 15) is 23.9 Å². The number of aliphatic hydroxyl groups is 1. The van der Waals surface area contributed by atoms with Gasteiger partial charge in [0.15, 0.2) is 0 Å². The lowest BCUT2D eigenvalue weighted by Crippen LogP contribution is -2.44. The third kappa shape index (κ3) is 7.84. The highest BCUT2D eigenvalue weighted by molar-refractivity contribution is 5.87. The summed E-state index contributed by atoms with van der Waals surface area (Å²) in [4.78, 5) is 47.1. The number of allylic oxidation sites excluding steroid dienone is 1. The zero-order chi connectivity index (χ0) is 38.0. The largest absolute Gasteiger partial charge is 0.392 e. The Hall–Kier alpha value is -5.16. The van der Waals surface area contributed by atoms with Crippen LogP contribution in [0.3, 0.4) is 0 Å². The van der Waals surface area contributed by atoms with Crippen molar-refractivity contribution in [2.75, 3.05) is 18.4 Å². The Kier molecular flexibility index (Phi) is 11.1. The summed E-state index contributed by atoms with van der Waals surface area (Å²) in [5, 5.41) is 18.1. The van der Waals surface area contributed by atoms with Gasteiger partial charge < -0.3 is 19.9 Å². The first kappa shape index (κ1) is 38.1. The molecule has 0 radical (unpaired) electrons. The molecule has 3 aromatic heterocycles. The molecule has 1 amide bonds. The molecule has 274 valence electrons. The van der Waals surface area contributed by atoms with E-state index in [0.29, 0.717) is 28.1 Å². The molecule has 11 heteroatoms. The van der Waals surface area contributed by atoms with Gasteiger partial charge in [0.25, 0.3) is 11.1 Å². The Morgan fingerprint density at radius 2 is 1.71 bits per heavy atom. The Morgan fingerprint density at radius 1 is 1.02 bits per heavy atom. The first-order valence-electron chi connectivity index (χ1n) is 17.7. The lowest BCUT2D eigenvalue weighted by molar-refractivity contribution is -0.136. The van der Waals surface area contributed by atoms with Gasteiger partial charge in [-0.05, 0) is 68.4 Å². The summed E-state index contributed by atoms with van der Waals surface area (Å²) in [6.07, 6.45) is 10.7. The Morgan fingerprint density at radius 3 is 2.31 bits per heavy atom. The van der Waals surface area contributed by atoms with Crippen molar-refractivity contribution >= 4 is 29.3 Å². The van der Waals surface area contributed by atoms with Gasteiger partial charge in [-0.15, -0.1) is 0 Å². The van der Waals surface area contributed by atoms with E-state index in [4.69, 9.17) is 0 Å². The van der Waals surface area contributed by atoms with Crippen molar-refractivity contribution in [1.82, 2.24) is 24.2 Å². The summed E-state index contributed by atoms with van der Waals surface area (Å²) in [5.74, 6) is -0.399. The van der Waals surface area contributed by atoms with Gasteiger partial charge in [-0.3, -0.25) is 14.4 Å². The number of anilines is 2. The second kappa shape index (κ2) is 15.2. The molecule has 2 N–H and O–H groups in total. The monoisotopic (exact) mass is 708 g/mol. The van der Waals surface area contributed by atoms with Crippen LogP contribution < -0.4 is 16.4 Å². The minimum absolute atomic E-state index is 0.0760. The molecular weight excluding hydrogens is 659 g/mol. The van der Waals surface area contributed by atoms with E-state index in [1.54, 1.807) is 55.8 Å². The number of halogens is 1. The highest BCUT2D eigenvalue weighted by Gasteiger charge is 2.34. The van der Waals surface area contributed by atoms with Crippen LogP contribution in [-0.4, -0.2) is 48.3 Å². The van der Waals surface area contributed by atoms with Crippen molar-refractivity contribution in [3.05, 3.63) is 110 Å². The number of rotatable bonds is 9. The van der Waals surface area contributed by atoms with Gasteiger partial charge in [0.2, 0.25) is 5.91 Å². The molecule has 4 heterocycles. The number of amides is 1. The Balaban J connectivity index is 1.49. The second-order valence-corrected chi connectivity index (χ2v) is 15.1. The van der Waals surface area contributed by atoms with E-state index in [1.165, 1.54) is 10.8 Å². The van der Waals surface area contributed by atoms with Gasteiger partial charge in [0, 0.05) is 49.2 Å². The fourth-order valence-corrected chi connectivity index (χ4v) is 6.40. The number of aromatic nitrogens is 4. The minimum Gasteiger partial charge on any atom is -0.392 e. The summed E-state index contributed by atoms with van der Waals surface area (Å²) >= 11 is 0. The first-order valence-corrected chi connectivity index (χ1v) is 17.7. The molecular formula is C41H49FN6O4. The molecule has 1 aliphatic heterocycles. The normalized spacial score (nSPS) is 14.2. The molecule has 0 saturated carbocycles. The number of benzene rings is 1. The van der Waals surface area contributed by atoms with Crippen molar-refractivity contribution in [1.29, 1.82) is 0 Å². The summed E-state index contributed by atoms with van der Waals surface area (Å²) < 4.78 is 17.3. The number of aliphatic hydroxyl groups excluding tert-OH is 1. The number of aryl methyl sites for hydroxylation is 1. The highest BCUT2D eigenvalue weighted by atomic mass is 19.1. The Bertz CT molecular complexity index is 2130. The summed E-state index contributed by atoms with van der Waals surface area (Å²) in [7, 11) is 1.62. The van der Waals surface area contributed by atoms with Crippen molar-refractivity contribution in [2.45, 2.75) is 79.2 Å². The number of carbonyl (C=O) groups is 1. The average molecular weight is 709 g/mol. The van der Waals surface area contributed by atoms with E-state index in [-0.39, 0.29) is 33.8 Å². The predicted octanol–water partition coefficient (Wildman–Crippen LogP) is 7.30. The highest BCUT2D eigenvalue weighted by Crippen LogP contribution is 2.32. The minimum atomic E-state index is -0.890. The van der Waals surface area contributed by atoms with Gasteiger partial charge in [-0.1, -0.05) is 70.0 Å². The molecule has 0 spiro atoms. The van der Waals surface area contributed by atoms with Gasteiger partial charge in [0.1, 0.15) is 17.3 Å². The number of likely N-dealkylation sites (tertiary alicyclic amines) is 1. The smallest absolute Gasteiger partial charge is 0.282 e. The van der Waals surface area contributed by atoms with Crippen LogP contribution in [0.25, 0.3) is 28.7 Å². The second-order valence-electron chi connectivity index (χ2n) is 15.1. The van der Waals surface area contributed by atoms with Crippen LogP contribution in [0.4, 0.5) is 15.9 Å². The molecule has 5 rings (SSSR count). The fraction of sp³-hybridized carbons (Fsp3) is 0.390. The zero-order valence-electron chi connectivity index (χ0n) is 31.2. The van der Waals surface area contributed by atoms with Gasteiger partial charge in [-0.25, -0.2) is 9.37 Å². The van der Waals surface area contributed by atoms with E-state index >= 15 is 0 Å². The molecule has 1 aliphatic rings. The molecule has 0 unspecified atom stereocenters. The van der Waals surface area contributed by atoms with Crippen molar-refractivity contribution in [3.63, 3.8) is 0 Å². The van der Waals surface area contributed by atoms with Crippen LogP contribution in [0.15, 0.2) is 76.7 Å². The topological polar surface area (TPSA) is 122 Å². The van der Waals surface area contributed by atoms with Crippen LogP contribution >= 0.6 is 0 Å². The van der Waals surface area contributed by atoms with E-state index in [2.05, 4.69) is 22.0 Å². The van der Waals surface area contributed by atoms with Crippen LogP contribution in [0, 0.1) is 5.41 Å². The summed E-state index contributed by atoms with van der Waals surface area (Å²) in [6, 6.07) is 10.3. The maximum atomic E-state index is 14.9. The lowest BCUT2D eigenvalue weighted by Gasteiger charge is -2.31. The molecule has 10 nitrogen and oxygen atoms in total. The maximum Gasteiger partial charge on any atom is 0.282 e. The van der Waals surface area contributed by atoms with Crippen LogP contribution in [-0.2, 0) is 23.9 Å². The molecule has 1 aromatic carbocycles. The molecule has 0 aliphatic carbocycles. The number of hydrogen-bond acceptors (Lipinski definition) is 7. The van der Waals surface area contributed by atoms with Crippen molar-refractivity contribution in [3.8, 4) is 16.8 Å². The molecule has 1 saturated heterocycles. The SMILES string of the molecule is C=C(F)c1c(/C=C(\C)C(C)(C)C)cnn(-c2cccc(-c3cc(Nc4ccc(C(C)(C)C(=O)N5CCCCCC5)cn4)c(=O)n(C)c3)c2CO)c1=O. The fourth-order valence-electron chi connectivity index (χ4n) is 6.40. The predicted molar refractivity (Wildman–Crippen MR) is 205 cm³/mol. The number of nitrogens with zero attached hydrogens (tertiary/aromatic N) is 5. The standard InChI is InChI=1S/C41H49FN6O4/c1-26(40(3,4)5)20-28-22-44-48(38(51)36(28)27(2)42)34-15-13-14-31(32(34)25-49)29-21-33(37(50)46(8)24-29)45-35-17-16-30(23-43-35)41(6,7)39(52)47-18-11-9-10-12-19-47/h13-17,20-24,49H,2,9-12,18-19,25H2,1,3-8H3,(H,43,45)/b26-20+. The summed E-state index contributed by atoms with van der Waals surface area (Å²) in [5.41, 5.74) is 1.73. The van der Waals surface area contributed by atoms with E-state index in [0.717, 1.165) is 54.6 Å². The van der Waals surface area contributed by atoms with Crippen LogP contribution in [0.1, 0.15) is 89.5 Å². The van der Waals surface area contributed by atoms with Crippen molar-refractivity contribution < 1.29 is 14.3 Å². The number of pyridine rings is 2. The van der Waals surface area contributed by atoms with Gasteiger partial charge in [0.05, 0.1) is 29.5 Å².